The summed E-state index contributed by atoms with van der Waals surface area (Å²) in [4.78, 5) is 31.7. The maximum absolute atomic E-state index is 13.3. The van der Waals surface area contributed by atoms with Crippen LogP contribution < -0.4 is 0 Å². The van der Waals surface area contributed by atoms with Gasteiger partial charge in [0, 0.05) is 25.4 Å². The molecule has 1 aromatic heterocycles. The number of aromatic nitrogens is 1. The summed E-state index contributed by atoms with van der Waals surface area (Å²) in [6.45, 7) is 2.74. The second kappa shape index (κ2) is 8.37. The molecular weight excluding hydrogens is 357 g/mol. The van der Waals surface area contributed by atoms with E-state index in [1.807, 2.05) is 5.38 Å². The Balaban J connectivity index is 1.70. The fraction of sp³-hybridized carbons (Fsp3) is 0.389. The first-order chi connectivity index (χ1) is 12.5. The summed E-state index contributed by atoms with van der Waals surface area (Å²) in [6.07, 6.45) is -0.354. The number of rotatable bonds is 5. The van der Waals surface area contributed by atoms with E-state index in [1.165, 1.54) is 35.3 Å². The Morgan fingerprint density at radius 2 is 2.27 bits per heavy atom. The first-order valence-electron chi connectivity index (χ1n) is 8.27. The lowest BCUT2D eigenvalue weighted by molar-refractivity contribution is -0.137. The quantitative estimate of drug-likeness (QED) is 0.800. The van der Waals surface area contributed by atoms with Crippen molar-refractivity contribution in [2.45, 2.75) is 26.2 Å². The number of nitrogens with zero attached hydrogens (tertiary/aromatic N) is 3. The van der Waals surface area contributed by atoms with Gasteiger partial charge in [-0.1, -0.05) is 12.1 Å². The van der Waals surface area contributed by atoms with Crippen LogP contribution in [0.5, 0.6) is 0 Å². The van der Waals surface area contributed by atoms with E-state index < -0.39 is 0 Å². The standard InChI is InChI=1S/C18H20FN3O3S/c1-13(23)21-7-17(25-10-14-3-2-4-15(19)5-14)8-22(18(24)9-21)6-16-11-26-12-20-16/h2-5,11-12,17H,6-10H2,1H3. The van der Waals surface area contributed by atoms with Crippen molar-refractivity contribution in [3.05, 3.63) is 52.2 Å². The summed E-state index contributed by atoms with van der Waals surface area (Å²) in [5.74, 6) is -0.629. The Bertz CT molecular complexity index is 769. The van der Waals surface area contributed by atoms with Gasteiger partial charge in [-0.2, -0.15) is 0 Å². The summed E-state index contributed by atoms with van der Waals surface area (Å²) < 4.78 is 19.2. The highest BCUT2D eigenvalue weighted by Crippen LogP contribution is 2.15. The molecule has 2 aromatic rings. The molecular formula is C18H20FN3O3S. The molecule has 2 heterocycles. The van der Waals surface area contributed by atoms with Gasteiger partial charge in [-0.15, -0.1) is 11.3 Å². The fourth-order valence-corrected chi connectivity index (χ4v) is 3.38. The highest BCUT2D eigenvalue weighted by Gasteiger charge is 2.30. The third-order valence-corrected chi connectivity index (χ3v) is 4.82. The van der Waals surface area contributed by atoms with Gasteiger partial charge in [0.25, 0.3) is 0 Å². The average Bonchev–Trinajstić information content (AvgIpc) is 3.05. The molecule has 1 unspecified atom stereocenters. The van der Waals surface area contributed by atoms with E-state index in [0.29, 0.717) is 25.2 Å². The number of ether oxygens (including phenoxy) is 1. The second-order valence-corrected chi connectivity index (χ2v) is 6.94. The van der Waals surface area contributed by atoms with Crippen molar-refractivity contribution in [2.24, 2.45) is 0 Å². The first kappa shape index (κ1) is 18.5. The van der Waals surface area contributed by atoms with E-state index >= 15 is 0 Å². The van der Waals surface area contributed by atoms with E-state index in [4.69, 9.17) is 4.74 Å². The molecule has 1 atom stereocenters. The van der Waals surface area contributed by atoms with Crippen molar-refractivity contribution in [1.29, 1.82) is 0 Å². The lowest BCUT2D eigenvalue weighted by atomic mass is 10.2. The predicted octanol–water partition coefficient (Wildman–Crippen LogP) is 2.06. The molecule has 8 heteroatoms. The zero-order valence-electron chi connectivity index (χ0n) is 14.4. The zero-order chi connectivity index (χ0) is 18.5. The number of thiazole rings is 1. The van der Waals surface area contributed by atoms with Crippen LogP contribution in [0.25, 0.3) is 0 Å². The van der Waals surface area contributed by atoms with Gasteiger partial charge >= 0.3 is 0 Å². The van der Waals surface area contributed by atoms with Crippen LogP contribution in [0.3, 0.4) is 0 Å². The predicted molar refractivity (Wildman–Crippen MR) is 94.8 cm³/mol. The minimum Gasteiger partial charge on any atom is -0.370 e. The molecule has 1 aromatic carbocycles. The van der Waals surface area contributed by atoms with Gasteiger partial charge in [-0.05, 0) is 17.7 Å². The van der Waals surface area contributed by atoms with Gasteiger partial charge in [0.2, 0.25) is 11.8 Å². The van der Waals surface area contributed by atoms with E-state index in [1.54, 1.807) is 22.5 Å². The highest BCUT2D eigenvalue weighted by atomic mass is 32.1. The lowest BCUT2D eigenvalue weighted by Gasteiger charge is -2.24. The summed E-state index contributed by atoms with van der Waals surface area (Å²) in [5, 5.41) is 1.89. The normalized spacial score (nSPS) is 18.1. The van der Waals surface area contributed by atoms with Crippen molar-refractivity contribution in [1.82, 2.24) is 14.8 Å². The number of benzene rings is 1. The van der Waals surface area contributed by atoms with Gasteiger partial charge in [-0.3, -0.25) is 9.59 Å². The van der Waals surface area contributed by atoms with E-state index in [-0.39, 0.29) is 36.9 Å². The van der Waals surface area contributed by atoms with Crippen molar-refractivity contribution in [3.63, 3.8) is 0 Å². The molecule has 1 aliphatic rings. The van der Waals surface area contributed by atoms with Crippen LogP contribution in [0.2, 0.25) is 0 Å². The van der Waals surface area contributed by atoms with Crippen LogP contribution in [-0.2, 0) is 27.5 Å². The van der Waals surface area contributed by atoms with Crippen molar-refractivity contribution >= 4 is 23.2 Å². The van der Waals surface area contributed by atoms with Crippen molar-refractivity contribution in [2.75, 3.05) is 19.6 Å². The van der Waals surface area contributed by atoms with Crippen LogP contribution in [0, 0.1) is 5.82 Å². The minimum atomic E-state index is -0.354. The van der Waals surface area contributed by atoms with Crippen LogP contribution in [0.1, 0.15) is 18.2 Å². The van der Waals surface area contributed by atoms with Gasteiger partial charge < -0.3 is 14.5 Å². The number of hydrogen-bond acceptors (Lipinski definition) is 5. The molecule has 138 valence electrons. The molecule has 0 spiro atoms. The molecule has 0 N–H and O–H groups in total. The van der Waals surface area contributed by atoms with Gasteiger partial charge in [0.05, 0.1) is 37.0 Å². The Morgan fingerprint density at radius 3 is 2.96 bits per heavy atom. The van der Waals surface area contributed by atoms with E-state index in [2.05, 4.69) is 4.98 Å². The van der Waals surface area contributed by atoms with Gasteiger partial charge in [0.1, 0.15) is 5.82 Å². The van der Waals surface area contributed by atoms with Crippen LogP contribution in [0.4, 0.5) is 4.39 Å². The van der Waals surface area contributed by atoms with Gasteiger partial charge in [0.15, 0.2) is 0 Å². The van der Waals surface area contributed by atoms with Crippen LogP contribution >= 0.6 is 11.3 Å². The van der Waals surface area contributed by atoms with Crippen molar-refractivity contribution in [3.8, 4) is 0 Å². The molecule has 3 rings (SSSR count). The number of carbonyl (C=O) groups is 2. The topological polar surface area (TPSA) is 62.7 Å². The van der Waals surface area contributed by atoms with E-state index in [9.17, 15) is 14.0 Å². The Kier molecular flexibility index (Phi) is 5.95. The number of carbonyl (C=O) groups excluding carboxylic acids is 2. The molecule has 0 aliphatic carbocycles. The number of halogens is 1. The number of hydrogen-bond donors (Lipinski definition) is 0. The SMILES string of the molecule is CC(=O)N1CC(=O)N(Cc2cscn2)CC(OCc2cccc(F)c2)C1. The average molecular weight is 377 g/mol. The third-order valence-electron chi connectivity index (χ3n) is 4.18. The van der Waals surface area contributed by atoms with Crippen LogP contribution in [0.15, 0.2) is 35.2 Å². The zero-order valence-corrected chi connectivity index (χ0v) is 15.2. The molecule has 1 saturated heterocycles. The summed E-state index contributed by atoms with van der Waals surface area (Å²) in [5.41, 5.74) is 3.24. The Morgan fingerprint density at radius 1 is 1.42 bits per heavy atom. The molecule has 1 aliphatic heterocycles. The largest absolute Gasteiger partial charge is 0.370 e. The highest BCUT2D eigenvalue weighted by molar-refractivity contribution is 7.07. The first-order valence-corrected chi connectivity index (χ1v) is 9.22. The smallest absolute Gasteiger partial charge is 0.242 e. The summed E-state index contributed by atoms with van der Waals surface area (Å²) in [6, 6.07) is 6.19. The van der Waals surface area contributed by atoms with Crippen LogP contribution in [-0.4, -0.2) is 52.3 Å². The molecule has 1 fully saturated rings. The third kappa shape index (κ3) is 4.86. The molecule has 0 bridgehead atoms. The van der Waals surface area contributed by atoms with Crippen molar-refractivity contribution < 1.29 is 18.7 Å². The Hall–Kier alpha value is -2.32. The molecule has 6 nitrogen and oxygen atoms in total. The molecule has 0 radical (unpaired) electrons. The maximum Gasteiger partial charge on any atom is 0.242 e. The second-order valence-electron chi connectivity index (χ2n) is 6.22. The summed E-state index contributed by atoms with van der Waals surface area (Å²) >= 11 is 1.47. The Labute approximate surface area is 155 Å². The fourth-order valence-electron chi connectivity index (χ4n) is 2.83. The van der Waals surface area contributed by atoms with E-state index in [0.717, 1.165) is 5.69 Å². The molecule has 0 saturated carbocycles. The molecule has 2 amide bonds. The lowest BCUT2D eigenvalue weighted by Crippen LogP contribution is -2.38. The monoisotopic (exact) mass is 377 g/mol. The summed E-state index contributed by atoms with van der Waals surface area (Å²) in [7, 11) is 0. The molecule has 26 heavy (non-hydrogen) atoms. The minimum absolute atomic E-state index is 0.0271. The maximum atomic E-state index is 13.3. The van der Waals surface area contributed by atoms with Gasteiger partial charge in [-0.25, -0.2) is 9.37 Å². The number of amides is 2.